The predicted octanol–water partition coefficient (Wildman–Crippen LogP) is 2.39. The Kier molecular flexibility index (Phi) is 4.62. The van der Waals surface area contributed by atoms with Crippen molar-refractivity contribution in [3.8, 4) is 5.75 Å². The summed E-state index contributed by atoms with van der Waals surface area (Å²) in [6.45, 7) is 1.49. The molecule has 1 amide bonds. The zero-order valence-corrected chi connectivity index (χ0v) is 13.4. The molecule has 0 spiro atoms. The molecule has 0 bridgehead atoms. The van der Waals surface area contributed by atoms with E-state index in [1.54, 1.807) is 18.2 Å². The van der Waals surface area contributed by atoms with Crippen molar-refractivity contribution in [2.24, 2.45) is 17.6 Å². The standard InChI is InChI=1S/C14H17BrN2O2.ClH/c15-9-2-4-13(18)10(5-9)14(19)17-6-8-1-3-12(16)11(8)7-17;/h2,4-5,8,11-12,18H,1,3,6-7,16H2;1H. The summed E-state index contributed by atoms with van der Waals surface area (Å²) in [7, 11) is 0. The van der Waals surface area contributed by atoms with E-state index in [0.29, 0.717) is 17.4 Å². The number of phenolic OH excluding ortho intramolecular Hbond substituents is 1. The monoisotopic (exact) mass is 360 g/mol. The molecule has 1 aliphatic heterocycles. The third-order valence-corrected chi connectivity index (χ3v) is 4.88. The fraction of sp³-hybridized carbons (Fsp3) is 0.500. The number of carbonyl (C=O) groups is 1. The summed E-state index contributed by atoms with van der Waals surface area (Å²) < 4.78 is 0.796. The van der Waals surface area contributed by atoms with E-state index in [1.807, 2.05) is 4.90 Å². The van der Waals surface area contributed by atoms with Crippen molar-refractivity contribution in [1.29, 1.82) is 0 Å². The lowest BCUT2D eigenvalue weighted by Gasteiger charge is -2.19. The number of aromatic hydroxyl groups is 1. The van der Waals surface area contributed by atoms with Crippen molar-refractivity contribution in [2.45, 2.75) is 18.9 Å². The maximum absolute atomic E-state index is 12.5. The van der Waals surface area contributed by atoms with Gasteiger partial charge in [-0.25, -0.2) is 0 Å². The van der Waals surface area contributed by atoms with Crippen LogP contribution in [0.1, 0.15) is 23.2 Å². The first-order valence-electron chi connectivity index (χ1n) is 6.59. The van der Waals surface area contributed by atoms with Crippen LogP contribution in [-0.2, 0) is 0 Å². The van der Waals surface area contributed by atoms with Gasteiger partial charge < -0.3 is 15.7 Å². The summed E-state index contributed by atoms with van der Waals surface area (Å²) in [5.74, 6) is 0.904. The molecule has 3 atom stereocenters. The second kappa shape index (κ2) is 5.92. The Morgan fingerprint density at radius 3 is 2.80 bits per heavy atom. The first-order chi connectivity index (χ1) is 9.06. The predicted molar refractivity (Wildman–Crippen MR) is 83.1 cm³/mol. The quantitative estimate of drug-likeness (QED) is 0.807. The van der Waals surface area contributed by atoms with E-state index in [1.165, 1.54) is 0 Å². The van der Waals surface area contributed by atoms with Crippen LogP contribution in [0.4, 0.5) is 0 Å². The summed E-state index contributed by atoms with van der Waals surface area (Å²) in [5, 5.41) is 9.83. The summed E-state index contributed by atoms with van der Waals surface area (Å²) in [5.41, 5.74) is 6.44. The Morgan fingerprint density at radius 1 is 1.35 bits per heavy atom. The van der Waals surface area contributed by atoms with Gasteiger partial charge in [-0.15, -0.1) is 12.4 Å². The van der Waals surface area contributed by atoms with E-state index in [4.69, 9.17) is 5.73 Å². The van der Waals surface area contributed by atoms with Crippen LogP contribution in [0.5, 0.6) is 5.75 Å². The second-order valence-corrected chi connectivity index (χ2v) is 6.45. The Morgan fingerprint density at radius 2 is 2.10 bits per heavy atom. The van der Waals surface area contributed by atoms with Crippen molar-refractivity contribution in [2.75, 3.05) is 13.1 Å². The summed E-state index contributed by atoms with van der Waals surface area (Å²) in [4.78, 5) is 14.3. The van der Waals surface area contributed by atoms with E-state index in [9.17, 15) is 9.90 Å². The Bertz CT molecular complexity index is 526. The number of halogens is 2. The number of benzene rings is 1. The number of amides is 1. The molecule has 3 unspecified atom stereocenters. The van der Waals surface area contributed by atoms with Crippen LogP contribution in [0.3, 0.4) is 0 Å². The number of nitrogens with two attached hydrogens (primary N) is 1. The van der Waals surface area contributed by atoms with Crippen LogP contribution >= 0.6 is 28.3 Å². The molecule has 0 radical (unpaired) electrons. The fourth-order valence-corrected chi connectivity index (χ4v) is 3.68. The fourth-order valence-electron chi connectivity index (χ4n) is 3.32. The van der Waals surface area contributed by atoms with Crippen molar-refractivity contribution in [3.05, 3.63) is 28.2 Å². The molecule has 3 rings (SSSR count). The molecule has 3 N–H and O–H groups in total. The Labute approximate surface area is 132 Å². The SMILES string of the molecule is Cl.NC1CCC2CN(C(=O)c3cc(Br)ccc3O)CC12. The normalized spacial score (nSPS) is 28.1. The van der Waals surface area contributed by atoms with Gasteiger partial charge in [-0.1, -0.05) is 15.9 Å². The maximum atomic E-state index is 12.5. The number of likely N-dealkylation sites (tertiary alicyclic amines) is 1. The van der Waals surface area contributed by atoms with Crippen molar-refractivity contribution < 1.29 is 9.90 Å². The van der Waals surface area contributed by atoms with Gasteiger partial charge in [-0.3, -0.25) is 4.79 Å². The van der Waals surface area contributed by atoms with Crippen LogP contribution < -0.4 is 5.73 Å². The van der Waals surface area contributed by atoms with Gasteiger partial charge in [-0.05, 0) is 42.9 Å². The molecule has 1 heterocycles. The minimum Gasteiger partial charge on any atom is -0.507 e. The van der Waals surface area contributed by atoms with E-state index in [0.717, 1.165) is 30.4 Å². The molecule has 4 nitrogen and oxygen atoms in total. The lowest BCUT2D eigenvalue weighted by Crippen LogP contribution is -2.33. The number of phenols is 1. The van der Waals surface area contributed by atoms with E-state index >= 15 is 0 Å². The number of carbonyl (C=O) groups excluding carboxylic acids is 1. The Balaban J connectivity index is 0.00000147. The smallest absolute Gasteiger partial charge is 0.257 e. The summed E-state index contributed by atoms with van der Waals surface area (Å²) >= 11 is 3.33. The lowest BCUT2D eigenvalue weighted by atomic mass is 9.98. The van der Waals surface area contributed by atoms with Crippen LogP contribution in [0.25, 0.3) is 0 Å². The van der Waals surface area contributed by atoms with Crippen LogP contribution in [-0.4, -0.2) is 35.0 Å². The molecule has 2 aliphatic rings. The third kappa shape index (κ3) is 2.67. The summed E-state index contributed by atoms with van der Waals surface area (Å²) in [6, 6.07) is 5.16. The molecule has 20 heavy (non-hydrogen) atoms. The molecule has 1 saturated carbocycles. The molecular formula is C14H18BrClN2O2. The second-order valence-electron chi connectivity index (χ2n) is 5.54. The maximum Gasteiger partial charge on any atom is 0.257 e. The van der Waals surface area contributed by atoms with E-state index in [-0.39, 0.29) is 30.1 Å². The lowest BCUT2D eigenvalue weighted by molar-refractivity contribution is 0.0776. The van der Waals surface area contributed by atoms with Gasteiger partial charge in [0.1, 0.15) is 5.75 Å². The highest BCUT2D eigenvalue weighted by molar-refractivity contribution is 9.10. The number of nitrogens with zero attached hydrogens (tertiary/aromatic N) is 1. The largest absolute Gasteiger partial charge is 0.507 e. The minimum atomic E-state index is -0.0969. The van der Waals surface area contributed by atoms with Crippen molar-refractivity contribution in [3.63, 3.8) is 0 Å². The van der Waals surface area contributed by atoms with Gasteiger partial charge in [0.05, 0.1) is 5.56 Å². The average Bonchev–Trinajstić information content (AvgIpc) is 2.94. The first kappa shape index (κ1) is 15.6. The molecule has 6 heteroatoms. The molecule has 110 valence electrons. The van der Waals surface area contributed by atoms with Gasteiger partial charge in [0, 0.05) is 23.6 Å². The number of hydrogen-bond acceptors (Lipinski definition) is 3. The van der Waals surface area contributed by atoms with Crippen molar-refractivity contribution >= 4 is 34.2 Å². The van der Waals surface area contributed by atoms with Gasteiger partial charge in [0.2, 0.25) is 0 Å². The molecule has 1 aliphatic carbocycles. The van der Waals surface area contributed by atoms with Crippen LogP contribution in [0.15, 0.2) is 22.7 Å². The van der Waals surface area contributed by atoms with Gasteiger partial charge >= 0.3 is 0 Å². The van der Waals surface area contributed by atoms with Crippen LogP contribution in [0.2, 0.25) is 0 Å². The zero-order chi connectivity index (χ0) is 13.6. The van der Waals surface area contributed by atoms with Gasteiger partial charge in [-0.2, -0.15) is 0 Å². The average molecular weight is 362 g/mol. The zero-order valence-electron chi connectivity index (χ0n) is 11.0. The minimum absolute atomic E-state index is 0. The summed E-state index contributed by atoms with van der Waals surface area (Å²) in [6.07, 6.45) is 2.18. The molecule has 0 aromatic heterocycles. The number of rotatable bonds is 1. The van der Waals surface area contributed by atoms with Crippen molar-refractivity contribution in [1.82, 2.24) is 4.90 Å². The highest BCUT2D eigenvalue weighted by Crippen LogP contribution is 2.38. The van der Waals surface area contributed by atoms with Gasteiger partial charge in [0.15, 0.2) is 0 Å². The molecule has 1 aromatic rings. The number of fused-ring (bicyclic) bond motifs is 1. The van der Waals surface area contributed by atoms with E-state index < -0.39 is 0 Å². The Hall–Kier alpha value is -0.780. The molecule has 1 aromatic carbocycles. The molecule has 2 fully saturated rings. The third-order valence-electron chi connectivity index (χ3n) is 4.39. The first-order valence-corrected chi connectivity index (χ1v) is 7.39. The number of hydrogen-bond donors (Lipinski definition) is 2. The van der Waals surface area contributed by atoms with Gasteiger partial charge in [0.25, 0.3) is 5.91 Å². The highest BCUT2D eigenvalue weighted by Gasteiger charge is 2.42. The van der Waals surface area contributed by atoms with E-state index in [2.05, 4.69) is 15.9 Å². The van der Waals surface area contributed by atoms with Crippen LogP contribution in [0, 0.1) is 11.8 Å². The molecule has 1 saturated heterocycles. The molecular weight excluding hydrogens is 344 g/mol. The highest BCUT2D eigenvalue weighted by atomic mass is 79.9. The topological polar surface area (TPSA) is 66.6 Å².